The molecule has 0 fully saturated rings. The van der Waals surface area contributed by atoms with E-state index in [0.717, 1.165) is 25.2 Å². The van der Waals surface area contributed by atoms with Crippen LogP contribution in [0.5, 0.6) is 0 Å². The van der Waals surface area contributed by atoms with Gasteiger partial charge in [0.15, 0.2) is 0 Å². The van der Waals surface area contributed by atoms with Crippen molar-refractivity contribution in [2.75, 3.05) is 37.5 Å². The fraction of sp³-hybridized carbons (Fsp3) is 0.692. The van der Waals surface area contributed by atoms with Gasteiger partial charge in [0.2, 0.25) is 5.95 Å². The van der Waals surface area contributed by atoms with E-state index in [1.807, 2.05) is 25.1 Å². The Balaban J connectivity index is 2.55. The summed E-state index contributed by atoms with van der Waals surface area (Å²) in [7, 11) is 3.84. The van der Waals surface area contributed by atoms with E-state index in [2.05, 4.69) is 29.1 Å². The van der Waals surface area contributed by atoms with Crippen molar-refractivity contribution in [1.82, 2.24) is 9.97 Å². The third-order valence-corrected chi connectivity index (χ3v) is 2.80. The molecule has 0 radical (unpaired) electrons. The highest BCUT2D eigenvalue weighted by atomic mass is 16.2. The number of aliphatic hydroxyl groups is 1. The number of aromatic nitrogens is 2. The minimum atomic E-state index is 0.145. The van der Waals surface area contributed by atoms with Crippen LogP contribution in [0.15, 0.2) is 12.3 Å². The van der Waals surface area contributed by atoms with E-state index >= 15 is 0 Å². The Kier molecular flexibility index (Phi) is 5.34. The molecule has 0 aromatic carbocycles. The molecule has 1 heterocycles. The van der Waals surface area contributed by atoms with Gasteiger partial charge in [0, 0.05) is 33.4 Å². The van der Waals surface area contributed by atoms with Crippen molar-refractivity contribution in [3.63, 3.8) is 0 Å². The standard InChI is InChI=1S/C13H24N4O/c1-13(2,7-5-9-18)10-15-11-6-8-14-12(16-11)17(3)4/h6,8,18H,5,7,9-10H2,1-4H3,(H,14,15,16). The summed E-state index contributed by atoms with van der Waals surface area (Å²) in [5.74, 6) is 1.54. The molecule has 0 bridgehead atoms. The maximum atomic E-state index is 8.87. The van der Waals surface area contributed by atoms with Crippen LogP contribution in [0, 0.1) is 5.41 Å². The Hall–Kier alpha value is -1.36. The van der Waals surface area contributed by atoms with Gasteiger partial charge < -0.3 is 15.3 Å². The SMILES string of the molecule is CN(C)c1nccc(NCC(C)(C)CCCO)n1. The first kappa shape index (κ1) is 14.7. The van der Waals surface area contributed by atoms with Crippen LogP contribution < -0.4 is 10.2 Å². The summed E-state index contributed by atoms with van der Waals surface area (Å²) in [6.07, 6.45) is 3.58. The second-order valence-electron chi connectivity index (χ2n) is 5.48. The minimum Gasteiger partial charge on any atom is -0.396 e. The molecule has 0 aliphatic heterocycles. The molecule has 5 nitrogen and oxygen atoms in total. The summed E-state index contributed by atoms with van der Waals surface area (Å²) in [5.41, 5.74) is 0.145. The Morgan fingerprint density at radius 1 is 1.39 bits per heavy atom. The second kappa shape index (κ2) is 6.54. The highest BCUT2D eigenvalue weighted by Crippen LogP contribution is 2.22. The molecule has 18 heavy (non-hydrogen) atoms. The first-order valence-electron chi connectivity index (χ1n) is 6.30. The lowest BCUT2D eigenvalue weighted by Gasteiger charge is -2.25. The maximum absolute atomic E-state index is 8.87. The summed E-state index contributed by atoms with van der Waals surface area (Å²) >= 11 is 0. The molecule has 1 aromatic heterocycles. The highest BCUT2D eigenvalue weighted by molar-refractivity contribution is 5.40. The highest BCUT2D eigenvalue weighted by Gasteiger charge is 2.17. The molecule has 0 amide bonds. The van der Waals surface area contributed by atoms with E-state index in [-0.39, 0.29) is 12.0 Å². The minimum absolute atomic E-state index is 0.145. The number of hydrogen-bond donors (Lipinski definition) is 2. The van der Waals surface area contributed by atoms with Crippen LogP contribution >= 0.6 is 0 Å². The molecular formula is C13H24N4O. The van der Waals surface area contributed by atoms with E-state index in [9.17, 15) is 0 Å². The largest absolute Gasteiger partial charge is 0.396 e. The van der Waals surface area contributed by atoms with Crippen LogP contribution in [-0.2, 0) is 0 Å². The van der Waals surface area contributed by atoms with Gasteiger partial charge in [-0.05, 0) is 24.3 Å². The van der Waals surface area contributed by atoms with Gasteiger partial charge in [-0.3, -0.25) is 0 Å². The van der Waals surface area contributed by atoms with E-state index in [4.69, 9.17) is 5.11 Å². The molecule has 1 aromatic rings. The number of nitrogens with one attached hydrogen (secondary N) is 1. The van der Waals surface area contributed by atoms with Gasteiger partial charge >= 0.3 is 0 Å². The van der Waals surface area contributed by atoms with Crippen molar-refractivity contribution in [2.45, 2.75) is 26.7 Å². The summed E-state index contributed by atoms with van der Waals surface area (Å²) in [5, 5.41) is 12.2. The third kappa shape index (κ3) is 4.87. The van der Waals surface area contributed by atoms with Gasteiger partial charge in [0.1, 0.15) is 5.82 Å². The smallest absolute Gasteiger partial charge is 0.226 e. The van der Waals surface area contributed by atoms with Crippen LogP contribution in [0.1, 0.15) is 26.7 Å². The monoisotopic (exact) mass is 252 g/mol. The van der Waals surface area contributed by atoms with Gasteiger partial charge in [0.25, 0.3) is 0 Å². The van der Waals surface area contributed by atoms with Crippen LogP contribution in [0.4, 0.5) is 11.8 Å². The first-order chi connectivity index (χ1) is 8.44. The lowest BCUT2D eigenvalue weighted by molar-refractivity contribution is 0.248. The van der Waals surface area contributed by atoms with Crippen LogP contribution in [0.2, 0.25) is 0 Å². The second-order valence-corrected chi connectivity index (χ2v) is 5.48. The lowest BCUT2D eigenvalue weighted by atomic mass is 9.88. The van der Waals surface area contributed by atoms with E-state index < -0.39 is 0 Å². The molecule has 0 saturated heterocycles. The number of rotatable bonds is 7. The number of anilines is 2. The maximum Gasteiger partial charge on any atom is 0.226 e. The Labute approximate surface area is 109 Å². The van der Waals surface area contributed by atoms with Crippen molar-refractivity contribution >= 4 is 11.8 Å². The fourth-order valence-corrected chi connectivity index (χ4v) is 1.64. The van der Waals surface area contributed by atoms with E-state index in [1.54, 1.807) is 6.20 Å². The topological polar surface area (TPSA) is 61.3 Å². The van der Waals surface area contributed by atoms with Crippen LogP contribution in [-0.4, -0.2) is 42.3 Å². The van der Waals surface area contributed by atoms with Crippen molar-refractivity contribution in [3.05, 3.63) is 12.3 Å². The zero-order chi connectivity index (χ0) is 13.6. The number of aliphatic hydroxyl groups excluding tert-OH is 1. The molecule has 0 atom stereocenters. The lowest BCUT2D eigenvalue weighted by Crippen LogP contribution is -2.24. The molecule has 0 spiro atoms. The molecule has 0 saturated carbocycles. The van der Waals surface area contributed by atoms with E-state index in [0.29, 0.717) is 5.95 Å². The van der Waals surface area contributed by atoms with Crippen molar-refractivity contribution in [1.29, 1.82) is 0 Å². The Morgan fingerprint density at radius 2 is 2.11 bits per heavy atom. The quantitative estimate of drug-likeness (QED) is 0.774. The molecule has 2 N–H and O–H groups in total. The molecule has 102 valence electrons. The van der Waals surface area contributed by atoms with Gasteiger partial charge in [-0.1, -0.05) is 13.8 Å². The molecule has 0 unspecified atom stereocenters. The summed E-state index contributed by atoms with van der Waals surface area (Å²) in [6.45, 7) is 5.45. The van der Waals surface area contributed by atoms with E-state index in [1.165, 1.54) is 0 Å². The predicted octanol–water partition coefficient (Wildman–Crippen LogP) is 1.75. The van der Waals surface area contributed by atoms with Crippen molar-refractivity contribution in [3.8, 4) is 0 Å². The summed E-state index contributed by atoms with van der Waals surface area (Å²) in [4.78, 5) is 10.5. The molecular weight excluding hydrogens is 228 g/mol. The average Bonchev–Trinajstić information content (AvgIpc) is 2.34. The summed E-state index contributed by atoms with van der Waals surface area (Å²) in [6, 6.07) is 1.87. The van der Waals surface area contributed by atoms with Gasteiger partial charge in [0.05, 0.1) is 0 Å². The van der Waals surface area contributed by atoms with Gasteiger partial charge in [-0.25, -0.2) is 4.98 Å². The fourth-order valence-electron chi connectivity index (χ4n) is 1.64. The zero-order valence-electron chi connectivity index (χ0n) is 11.8. The number of nitrogens with zero attached hydrogens (tertiary/aromatic N) is 3. The average molecular weight is 252 g/mol. The molecule has 0 aliphatic carbocycles. The Bertz CT molecular complexity index is 366. The van der Waals surface area contributed by atoms with Crippen molar-refractivity contribution < 1.29 is 5.11 Å². The predicted molar refractivity (Wildman–Crippen MR) is 74.9 cm³/mol. The first-order valence-corrected chi connectivity index (χ1v) is 6.30. The Morgan fingerprint density at radius 3 is 2.72 bits per heavy atom. The zero-order valence-corrected chi connectivity index (χ0v) is 11.8. The van der Waals surface area contributed by atoms with Gasteiger partial charge in [-0.2, -0.15) is 4.98 Å². The van der Waals surface area contributed by atoms with Gasteiger partial charge in [-0.15, -0.1) is 0 Å². The molecule has 5 heteroatoms. The number of hydrogen-bond acceptors (Lipinski definition) is 5. The van der Waals surface area contributed by atoms with Crippen LogP contribution in [0.3, 0.4) is 0 Å². The molecule has 0 aliphatic rings. The normalized spacial score (nSPS) is 11.4. The third-order valence-electron chi connectivity index (χ3n) is 2.80. The van der Waals surface area contributed by atoms with Crippen LogP contribution in [0.25, 0.3) is 0 Å². The van der Waals surface area contributed by atoms with Crippen molar-refractivity contribution in [2.24, 2.45) is 5.41 Å². The summed E-state index contributed by atoms with van der Waals surface area (Å²) < 4.78 is 0. The molecule has 1 rings (SSSR count).